The van der Waals surface area contributed by atoms with Gasteiger partial charge in [-0.2, -0.15) is 0 Å². The molecule has 1 fully saturated rings. The summed E-state index contributed by atoms with van der Waals surface area (Å²) >= 11 is 0. The third-order valence-electron chi connectivity index (χ3n) is 5.15. The molecule has 0 unspecified atom stereocenters. The van der Waals surface area contributed by atoms with E-state index in [0.29, 0.717) is 65.9 Å². The lowest BCUT2D eigenvalue weighted by Crippen LogP contribution is -2.53. The summed E-state index contributed by atoms with van der Waals surface area (Å²) in [5.41, 5.74) is 0.860. The summed E-state index contributed by atoms with van der Waals surface area (Å²) in [5.74, 6) is -1.28. The van der Waals surface area contributed by atoms with Crippen LogP contribution in [0.2, 0.25) is 0 Å². The number of carbonyl (C=O) groups excluding carboxylic acids is 3. The minimum absolute atomic E-state index is 0.235. The fraction of sp³-hybridized carbons (Fsp3) is 0.522. The number of hydrogen-bond acceptors (Lipinski definition) is 7. The molecule has 0 spiro atoms. The van der Waals surface area contributed by atoms with Crippen LogP contribution in [0.1, 0.15) is 5.56 Å². The van der Waals surface area contributed by atoms with Crippen molar-refractivity contribution in [2.75, 3.05) is 65.9 Å². The van der Waals surface area contributed by atoms with Crippen LogP contribution in [0.25, 0.3) is 0 Å². The van der Waals surface area contributed by atoms with E-state index < -0.39 is 17.9 Å². The van der Waals surface area contributed by atoms with Crippen molar-refractivity contribution in [3.63, 3.8) is 0 Å². The first-order valence-corrected chi connectivity index (χ1v) is 10.9. The number of hydrogen-bond donors (Lipinski definition) is 0. The van der Waals surface area contributed by atoms with Crippen molar-refractivity contribution in [3.8, 4) is 0 Å². The first-order chi connectivity index (χ1) is 15.7. The van der Waals surface area contributed by atoms with Gasteiger partial charge in [-0.1, -0.05) is 30.3 Å². The second-order valence-electron chi connectivity index (χ2n) is 7.36. The maximum Gasteiger partial charge on any atom is 0.254 e. The highest BCUT2D eigenvalue weighted by molar-refractivity contribution is 6.15. The van der Waals surface area contributed by atoms with Crippen molar-refractivity contribution in [3.05, 3.63) is 48.0 Å². The first-order valence-electron chi connectivity index (χ1n) is 10.9. The van der Waals surface area contributed by atoms with E-state index in [2.05, 4.69) is 0 Å². The molecule has 174 valence electrons. The van der Waals surface area contributed by atoms with Crippen molar-refractivity contribution in [1.82, 2.24) is 9.80 Å². The lowest BCUT2D eigenvalue weighted by molar-refractivity contribution is -0.150. The molecule has 1 atom stereocenters. The third-order valence-corrected chi connectivity index (χ3v) is 5.15. The second-order valence-corrected chi connectivity index (χ2v) is 7.36. The summed E-state index contributed by atoms with van der Waals surface area (Å²) in [5, 5.41) is 0. The van der Waals surface area contributed by atoms with Gasteiger partial charge in [0.1, 0.15) is 6.04 Å². The van der Waals surface area contributed by atoms with Crippen LogP contribution in [0.5, 0.6) is 0 Å². The Morgan fingerprint density at radius 3 is 1.72 bits per heavy atom. The Hall–Kier alpha value is -2.59. The maximum absolute atomic E-state index is 13.6. The van der Waals surface area contributed by atoms with E-state index in [1.54, 1.807) is 4.90 Å². The SMILES string of the molecule is O=C([C@H](Cc1ccccc1)N1C(=O)C=CC1=O)N1CCOCCOCCOCCOCC1. The fourth-order valence-electron chi connectivity index (χ4n) is 3.50. The van der Waals surface area contributed by atoms with Gasteiger partial charge in [-0.15, -0.1) is 0 Å². The van der Waals surface area contributed by atoms with Crippen LogP contribution >= 0.6 is 0 Å². The molecule has 3 amide bonds. The van der Waals surface area contributed by atoms with Crippen LogP contribution in [0.3, 0.4) is 0 Å². The van der Waals surface area contributed by atoms with Crippen molar-refractivity contribution in [2.45, 2.75) is 12.5 Å². The molecule has 2 aliphatic rings. The largest absolute Gasteiger partial charge is 0.377 e. The molecule has 0 aliphatic carbocycles. The first kappa shape index (κ1) is 24.1. The molecule has 9 heteroatoms. The van der Waals surface area contributed by atoms with Gasteiger partial charge < -0.3 is 23.8 Å². The average Bonchev–Trinajstić information content (AvgIpc) is 3.13. The van der Waals surface area contributed by atoms with Gasteiger partial charge in [0.05, 0.1) is 52.9 Å². The molecule has 0 N–H and O–H groups in total. The standard InChI is InChI=1S/C23H30N2O7/c26-21-6-7-22(27)25(21)20(18-19-4-2-1-3-5-19)23(28)24-8-10-29-12-14-31-16-17-32-15-13-30-11-9-24/h1-7,20H,8-18H2/t20-/m0/s1. The van der Waals surface area contributed by atoms with Gasteiger partial charge in [-0.3, -0.25) is 19.3 Å². The molecular formula is C23H30N2O7. The molecule has 0 aromatic heterocycles. The van der Waals surface area contributed by atoms with E-state index >= 15 is 0 Å². The number of rotatable bonds is 4. The maximum atomic E-state index is 13.6. The number of amides is 3. The molecule has 2 aliphatic heterocycles. The van der Waals surface area contributed by atoms with Crippen LogP contribution < -0.4 is 0 Å². The van der Waals surface area contributed by atoms with Crippen molar-refractivity contribution < 1.29 is 33.3 Å². The fourth-order valence-corrected chi connectivity index (χ4v) is 3.50. The number of carbonyl (C=O) groups is 3. The molecule has 1 aromatic rings. The Kier molecular flexibility index (Phi) is 9.83. The van der Waals surface area contributed by atoms with Gasteiger partial charge in [0.25, 0.3) is 11.8 Å². The molecule has 0 saturated carbocycles. The van der Waals surface area contributed by atoms with Gasteiger partial charge in [0.2, 0.25) is 5.91 Å². The lowest BCUT2D eigenvalue weighted by Gasteiger charge is -2.31. The Morgan fingerprint density at radius 2 is 1.22 bits per heavy atom. The Labute approximate surface area is 187 Å². The zero-order valence-electron chi connectivity index (χ0n) is 18.1. The zero-order chi connectivity index (χ0) is 22.6. The molecule has 32 heavy (non-hydrogen) atoms. The van der Waals surface area contributed by atoms with E-state index in [-0.39, 0.29) is 12.3 Å². The van der Waals surface area contributed by atoms with Gasteiger partial charge >= 0.3 is 0 Å². The lowest BCUT2D eigenvalue weighted by atomic mass is 10.0. The van der Waals surface area contributed by atoms with Crippen LogP contribution in [0, 0.1) is 0 Å². The number of nitrogens with zero attached hydrogens (tertiary/aromatic N) is 2. The molecule has 0 radical (unpaired) electrons. The van der Waals surface area contributed by atoms with Gasteiger partial charge in [-0.25, -0.2) is 0 Å². The predicted octanol–water partition coefficient (Wildman–Crippen LogP) is 0.431. The molecule has 1 saturated heterocycles. The van der Waals surface area contributed by atoms with E-state index in [1.165, 1.54) is 12.2 Å². The molecule has 0 bridgehead atoms. The third kappa shape index (κ3) is 7.23. The normalized spacial score (nSPS) is 20.6. The minimum atomic E-state index is -0.943. The Balaban J connectivity index is 1.72. The topological polar surface area (TPSA) is 94.6 Å². The van der Waals surface area contributed by atoms with Gasteiger partial charge in [0.15, 0.2) is 0 Å². The van der Waals surface area contributed by atoms with Crippen LogP contribution in [-0.4, -0.2) is 99.5 Å². The van der Waals surface area contributed by atoms with E-state index in [9.17, 15) is 14.4 Å². The number of benzene rings is 1. The van der Waals surface area contributed by atoms with Gasteiger partial charge in [-0.05, 0) is 5.56 Å². The van der Waals surface area contributed by atoms with E-state index in [0.717, 1.165) is 10.5 Å². The highest BCUT2D eigenvalue weighted by Gasteiger charge is 2.38. The molecule has 1 aromatic carbocycles. The van der Waals surface area contributed by atoms with Gasteiger partial charge in [0, 0.05) is 31.7 Å². The number of ether oxygens (including phenoxy) is 4. The monoisotopic (exact) mass is 446 g/mol. The summed E-state index contributed by atoms with van der Waals surface area (Å²) in [6.45, 7) is 3.90. The minimum Gasteiger partial charge on any atom is -0.377 e. The molecule has 3 rings (SSSR count). The summed E-state index contributed by atoms with van der Waals surface area (Å²) in [7, 11) is 0. The number of imide groups is 1. The summed E-state index contributed by atoms with van der Waals surface area (Å²) in [6.07, 6.45) is 2.63. The van der Waals surface area contributed by atoms with Crippen LogP contribution in [0.15, 0.2) is 42.5 Å². The summed E-state index contributed by atoms with van der Waals surface area (Å²) in [4.78, 5) is 41.0. The van der Waals surface area contributed by atoms with Crippen molar-refractivity contribution in [1.29, 1.82) is 0 Å². The van der Waals surface area contributed by atoms with Crippen LogP contribution in [-0.2, 0) is 39.8 Å². The Bertz CT molecular complexity index is 750. The quantitative estimate of drug-likeness (QED) is 0.619. The molecule has 2 heterocycles. The van der Waals surface area contributed by atoms with Crippen molar-refractivity contribution >= 4 is 17.7 Å². The van der Waals surface area contributed by atoms with Crippen molar-refractivity contribution in [2.24, 2.45) is 0 Å². The summed E-state index contributed by atoms with van der Waals surface area (Å²) < 4.78 is 22.0. The average molecular weight is 447 g/mol. The smallest absolute Gasteiger partial charge is 0.254 e. The van der Waals surface area contributed by atoms with E-state index in [1.807, 2.05) is 30.3 Å². The van der Waals surface area contributed by atoms with E-state index in [4.69, 9.17) is 18.9 Å². The molecule has 9 nitrogen and oxygen atoms in total. The van der Waals surface area contributed by atoms with Crippen LogP contribution in [0.4, 0.5) is 0 Å². The summed E-state index contributed by atoms with van der Waals surface area (Å²) in [6, 6.07) is 8.39. The highest BCUT2D eigenvalue weighted by atomic mass is 16.6. The second kappa shape index (κ2) is 13.1. The molecular weight excluding hydrogens is 416 g/mol. The predicted molar refractivity (Wildman–Crippen MR) is 115 cm³/mol. The Morgan fingerprint density at radius 1 is 0.750 bits per heavy atom. The zero-order valence-corrected chi connectivity index (χ0v) is 18.1. The highest BCUT2D eigenvalue weighted by Crippen LogP contribution is 2.17.